The SMILES string of the molecule is [N-]=[N+]=NCC#Cc1ccc([N+](=O)[O-])cc1C(=O)O. The molecule has 1 aromatic rings. The first-order valence-corrected chi connectivity index (χ1v) is 4.57. The quantitative estimate of drug-likeness (QED) is 0.218. The third-order valence-electron chi connectivity index (χ3n) is 1.88. The predicted octanol–water partition coefficient (Wildman–Crippen LogP) is 1.95. The van der Waals surface area contributed by atoms with E-state index in [2.05, 4.69) is 21.9 Å². The Morgan fingerprint density at radius 2 is 2.33 bits per heavy atom. The minimum absolute atomic E-state index is 0.105. The fourth-order valence-electron chi connectivity index (χ4n) is 1.13. The van der Waals surface area contributed by atoms with Crippen LogP contribution in [0.3, 0.4) is 0 Å². The van der Waals surface area contributed by atoms with Gasteiger partial charge in [-0.15, -0.1) is 0 Å². The molecule has 8 heteroatoms. The summed E-state index contributed by atoms with van der Waals surface area (Å²) < 4.78 is 0. The summed E-state index contributed by atoms with van der Waals surface area (Å²) in [6, 6.07) is 3.33. The molecule has 0 bridgehead atoms. The monoisotopic (exact) mass is 246 g/mol. The van der Waals surface area contributed by atoms with Crippen LogP contribution in [0.1, 0.15) is 15.9 Å². The number of carboxylic acids is 1. The summed E-state index contributed by atoms with van der Waals surface area (Å²) in [7, 11) is 0. The molecule has 0 radical (unpaired) electrons. The van der Waals surface area contributed by atoms with Crippen molar-refractivity contribution in [3.63, 3.8) is 0 Å². The maximum absolute atomic E-state index is 10.9. The maximum Gasteiger partial charge on any atom is 0.337 e. The summed E-state index contributed by atoms with van der Waals surface area (Å²) >= 11 is 0. The van der Waals surface area contributed by atoms with Crippen molar-refractivity contribution < 1.29 is 14.8 Å². The topological polar surface area (TPSA) is 129 Å². The molecular formula is C10H6N4O4. The lowest BCUT2D eigenvalue weighted by Gasteiger charge is -1.98. The van der Waals surface area contributed by atoms with Gasteiger partial charge in [0.1, 0.15) is 0 Å². The Balaban J connectivity index is 3.18. The van der Waals surface area contributed by atoms with E-state index in [1.807, 2.05) is 0 Å². The summed E-state index contributed by atoms with van der Waals surface area (Å²) in [4.78, 5) is 23.2. The number of azide groups is 1. The van der Waals surface area contributed by atoms with Crippen LogP contribution in [0.25, 0.3) is 10.4 Å². The van der Waals surface area contributed by atoms with E-state index in [1.165, 1.54) is 6.07 Å². The molecule has 0 aliphatic heterocycles. The second kappa shape index (κ2) is 5.89. The summed E-state index contributed by atoms with van der Waals surface area (Å²) in [6.45, 7) is -0.105. The zero-order chi connectivity index (χ0) is 13.5. The molecule has 0 atom stereocenters. The highest BCUT2D eigenvalue weighted by molar-refractivity contribution is 5.91. The van der Waals surface area contributed by atoms with Crippen molar-refractivity contribution >= 4 is 11.7 Å². The number of aromatic carboxylic acids is 1. The van der Waals surface area contributed by atoms with Crippen molar-refractivity contribution in [3.05, 3.63) is 49.9 Å². The average molecular weight is 246 g/mol. The molecule has 0 saturated carbocycles. The standard InChI is InChI=1S/C10H6N4O4/c11-13-12-5-1-2-7-3-4-8(14(17)18)6-9(7)10(15)16/h3-4,6H,5H2,(H,15,16). The van der Waals surface area contributed by atoms with Gasteiger partial charge in [0, 0.05) is 22.6 Å². The number of nitro benzene ring substituents is 1. The molecule has 0 amide bonds. The zero-order valence-corrected chi connectivity index (χ0v) is 8.90. The Morgan fingerprint density at radius 3 is 2.89 bits per heavy atom. The number of benzene rings is 1. The maximum atomic E-state index is 10.9. The third kappa shape index (κ3) is 3.23. The van der Waals surface area contributed by atoms with Gasteiger partial charge in [0.2, 0.25) is 0 Å². The molecule has 0 spiro atoms. The number of non-ortho nitro benzene ring substituents is 1. The Kier molecular flexibility index (Phi) is 4.26. The number of nitro groups is 1. The highest BCUT2D eigenvalue weighted by Crippen LogP contribution is 2.17. The van der Waals surface area contributed by atoms with Crippen molar-refractivity contribution in [2.75, 3.05) is 6.54 Å². The van der Waals surface area contributed by atoms with Crippen LogP contribution < -0.4 is 0 Å². The van der Waals surface area contributed by atoms with Crippen LogP contribution >= 0.6 is 0 Å². The molecule has 0 heterocycles. The number of hydrogen-bond donors (Lipinski definition) is 1. The largest absolute Gasteiger partial charge is 0.478 e. The van der Waals surface area contributed by atoms with Crippen molar-refractivity contribution in [3.8, 4) is 11.8 Å². The van der Waals surface area contributed by atoms with Gasteiger partial charge in [-0.2, -0.15) is 0 Å². The molecule has 0 saturated heterocycles. The Bertz CT molecular complexity index is 608. The van der Waals surface area contributed by atoms with Crippen molar-refractivity contribution in [1.82, 2.24) is 0 Å². The normalized spacial score (nSPS) is 8.67. The number of carbonyl (C=O) groups is 1. The first-order valence-electron chi connectivity index (χ1n) is 4.57. The van der Waals surface area contributed by atoms with Crippen molar-refractivity contribution in [1.29, 1.82) is 0 Å². The average Bonchev–Trinajstić information content (AvgIpc) is 2.34. The van der Waals surface area contributed by atoms with E-state index in [9.17, 15) is 14.9 Å². The van der Waals surface area contributed by atoms with Crippen molar-refractivity contribution in [2.45, 2.75) is 0 Å². The van der Waals surface area contributed by atoms with E-state index < -0.39 is 10.9 Å². The van der Waals surface area contributed by atoms with E-state index in [-0.39, 0.29) is 23.4 Å². The summed E-state index contributed by atoms with van der Waals surface area (Å²) in [5.41, 5.74) is 7.56. The van der Waals surface area contributed by atoms with Crippen LogP contribution in [0.15, 0.2) is 23.3 Å². The minimum atomic E-state index is -1.31. The zero-order valence-electron chi connectivity index (χ0n) is 8.90. The molecule has 8 nitrogen and oxygen atoms in total. The van der Waals surface area contributed by atoms with E-state index in [4.69, 9.17) is 10.6 Å². The summed E-state index contributed by atoms with van der Waals surface area (Å²) in [5, 5.41) is 22.6. The van der Waals surface area contributed by atoms with Crippen LogP contribution in [0, 0.1) is 22.0 Å². The second-order valence-electron chi connectivity index (χ2n) is 2.98. The molecule has 0 aromatic heterocycles. The van der Waals surface area contributed by atoms with E-state index >= 15 is 0 Å². The molecule has 18 heavy (non-hydrogen) atoms. The highest BCUT2D eigenvalue weighted by Gasteiger charge is 2.14. The van der Waals surface area contributed by atoms with Crippen molar-refractivity contribution in [2.24, 2.45) is 5.11 Å². The van der Waals surface area contributed by atoms with Gasteiger partial charge in [-0.1, -0.05) is 17.0 Å². The van der Waals surface area contributed by atoms with Crippen LogP contribution in [0.2, 0.25) is 0 Å². The lowest BCUT2D eigenvalue weighted by molar-refractivity contribution is -0.384. The highest BCUT2D eigenvalue weighted by atomic mass is 16.6. The molecule has 90 valence electrons. The molecule has 0 aliphatic carbocycles. The predicted molar refractivity (Wildman–Crippen MR) is 60.9 cm³/mol. The number of hydrogen-bond acceptors (Lipinski definition) is 4. The molecule has 0 fully saturated rings. The molecule has 0 aliphatic rings. The molecule has 1 rings (SSSR count). The van der Waals surface area contributed by atoms with Gasteiger partial charge in [0.15, 0.2) is 0 Å². The number of rotatable bonds is 3. The third-order valence-corrected chi connectivity index (χ3v) is 1.88. The summed E-state index contributed by atoms with van der Waals surface area (Å²) in [6.07, 6.45) is 0. The van der Waals surface area contributed by atoms with Crippen LogP contribution in [0.4, 0.5) is 5.69 Å². The van der Waals surface area contributed by atoms with Gasteiger partial charge in [0.25, 0.3) is 5.69 Å². The van der Waals surface area contributed by atoms with Gasteiger partial charge < -0.3 is 5.11 Å². The number of nitrogens with zero attached hydrogens (tertiary/aromatic N) is 4. The minimum Gasteiger partial charge on any atom is -0.478 e. The molecule has 0 unspecified atom stereocenters. The van der Waals surface area contributed by atoms with Gasteiger partial charge >= 0.3 is 5.97 Å². The summed E-state index contributed by atoms with van der Waals surface area (Å²) in [5.74, 6) is 3.61. The number of carboxylic acid groups (broad SMARTS) is 1. The van der Waals surface area contributed by atoms with Crippen LogP contribution in [-0.2, 0) is 0 Å². The first-order chi connectivity index (χ1) is 8.56. The van der Waals surface area contributed by atoms with Gasteiger partial charge in [-0.25, -0.2) is 4.79 Å². The fourth-order valence-corrected chi connectivity index (χ4v) is 1.13. The van der Waals surface area contributed by atoms with Crippen LogP contribution in [0.5, 0.6) is 0 Å². The van der Waals surface area contributed by atoms with Gasteiger partial charge in [-0.05, 0) is 11.6 Å². The molecule has 1 N–H and O–H groups in total. The van der Waals surface area contributed by atoms with Crippen LogP contribution in [-0.4, -0.2) is 22.5 Å². The first kappa shape index (κ1) is 13.0. The van der Waals surface area contributed by atoms with E-state index in [0.717, 1.165) is 12.1 Å². The Morgan fingerprint density at radius 1 is 1.61 bits per heavy atom. The Hall–Kier alpha value is -3.04. The lowest BCUT2D eigenvalue weighted by atomic mass is 10.1. The van der Waals surface area contributed by atoms with E-state index in [1.54, 1.807) is 0 Å². The molecule has 1 aromatic carbocycles. The smallest absolute Gasteiger partial charge is 0.337 e. The lowest BCUT2D eigenvalue weighted by Crippen LogP contribution is -2.01. The van der Waals surface area contributed by atoms with Gasteiger partial charge in [0.05, 0.1) is 17.0 Å². The second-order valence-corrected chi connectivity index (χ2v) is 2.98. The van der Waals surface area contributed by atoms with E-state index in [0.29, 0.717) is 0 Å². The molecular weight excluding hydrogens is 240 g/mol. The fraction of sp³-hybridized carbons (Fsp3) is 0.100. The Labute approximate surface area is 101 Å². The van der Waals surface area contributed by atoms with Gasteiger partial charge in [-0.3, -0.25) is 10.1 Å².